The van der Waals surface area contributed by atoms with Crippen molar-refractivity contribution in [1.29, 1.82) is 0 Å². The summed E-state index contributed by atoms with van der Waals surface area (Å²) < 4.78 is 0. The van der Waals surface area contributed by atoms with Crippen molar-refractivity contribution in [3.63, 3.8) is 0 Å². The molecule has 17 heavy (non-hydrogen) atoms. The molecule has 1 aromatic carbocycles. The second kappa shape index (κ2) is 4.79. The predicted octanol–water partition coefficient (Wildman–Crippen LogP) is 4.49. The molecule has 1 fully saturated rings. The Hall–Kier alpha value is -0.240. The van der Waals surface area contributed by atoms with Gasteiger partial charge >= 0.3 is 0 Å². The lowest BCUT2D eigenvalue weighted by Crippen LogP contribution is -2.37. The van der Waals surface area contributed by atoms with Crippen molar-refractivity contribution in [2.45, 2.75) is 38.6 Å². The van der Waals surface area contributed by atoms with Gasteiger partial charge in [-0.2, -0.15) is 0 Å². The topological polar surface area (TPSA) is 12.0 Å². The Kier molecular flexibility index (Phi) is 3.72. The zero-order valence-corrected chi connectivity index (χ0v) is 12.1. The third-order valence-electron chi connectivity index (χ3n) is 3.17. The Bertz CT molecular complexity index is 409. The molecular weight excluding hydrogens is 253 g/mol. The van der Waals surface area contributed by atoms with Gasteiger partial charge < -0.3 is 5.32 Å². The molecule has 94 valence electrons. The van der Waals surface area contributed by atoms with Gasteiger partial charge in [-0.3, -0.25) is 0 Å². The molecule has 3 heteroatoms. The highest BCUT2D eigenvalue weighted by Gasteiger charge is 2.39. The van der Waals surface area contributed by atoms with Crippen LogP contribution in [0.1, 0.15) is 38.7 Å². The zero-order valence-electron chi connectivity index (χ0n) is 10.6. The maximum Gasteiger partial charge on any atom is 0.0441 e. The molecule has 2 unspecified atom stereocenters. The minimum absolute atomic E-state index is 0.186. The number of benzene rings is 1. The number of halogens is 2. The first-order valence-electron chi connectivity index (χ1n) is 6.07. The van der Waals surface area contributed by atoms with E-state index >= 15 is 0 Å². The van der Waals surface area contributed by atoms with Crippen molar-refractivity contribution in [2.24, 2.45) is 5.92 Å². The van der Waals surface area contributed by atoms with Crippen LogP contribution in [-0.4, -0.2) is 12.1 Å². The average Bonchev–Trinajstić information content (AvgIpc) is 2.97. The normalized spacial score (nSPS) is 23.8. The van der Waals surface area contributed by atoms with Crippen LogP contribution in [0.15, 0.2) is 18.2 Å². The van der Waals surface area contributed by atoms with Gasteiger partial charge in [0.05, 0.1) is 0 Å². The van der Waals surface area contributed by atoms with Crippen molar-refractivity contribution in [2.75, 3.05) is 6.54 Å². The standard InChI is InChI=1S/C14H19Cl2N/c1-14(2,3)17-8-9-6-11(9)12-7-10(15)4-5-13(12)16/h4-5,7,9,11,17H,6,8H2,1-3H3. The van der Waals surface area contributed by atoms with Crippen molar-refractivity contribution in [3.8, 4) is 0 Å². The summed E-state index contributed by atoms with van der Waals surface area (Å²) >= 11 is 12.2. The molecule has 0 aliphatic heterocycles. The summed E-state index contributed by atoms with van der Waals surface area (Å²) in [6, 6.07) is 5.75. The van der Waals surface area contributed by atoms with Gasteiger partial charge in [-0.25, -0.2) is 0 Å². The highest BCUT2D eigenvalue weighted by molar-refractivity contribution is 6.33. The second-order valence-corrected chi connectivity index (χ2v) is 6.74. The first-order valence-corrected chi connectivity index (χ1v) is 6.82. The summed E-state index contributed by atoms with van der Waals surface area (Å²) in [5.41, 5.74) is 1.39. The monoisotopic (exact) mass is 271 g/mol. The van der Waals surface area contributed by atoms with E-state index in [1.54, 1.807) is 0 Å². The molecule has 1 aromatic rings. The van der Waals surface area contributed by atoms with E-state index in [0.29, 0.717) is 11.8 Å². The highest BCUT2D eigenvalue weighted by Crippen LogP contribution is 2.49. The van der Waals surface area contributed by atoms with E-state index in [-0.39, 0.29) is 5.54 Å². The van der Waals surface area contributed by atoms with Gasteiger partial charge in [0.2, 0.25) is 0 Å². The number of hydrogen-bond acceptors (Lipinski definition) is 1. The van der Waals surface area contributed by atoms with E-state index in [1.165, 1.54) is 12.0 Å². The van der Waals surface area contributed by atoms with Gasteiger partial charge in [0.1, 0.15) is 0 Å². The van der Waals surface area contributed by atoms with Gasteiger partial charge in [-0.1, -0.05) is 23.2 Å². The SMILES string of the molecule is CC(C)(C)NCC1CC1c1cc(Cl)ccc1Cl. The Morgan fingerprint density at radius 2 is 2.00 bits per heavy atom. The average molecular weight is 272 g/mol. The van der Waals surface area contributed by atoms with E-state index in [0.717, 1.165) is 16.6 Å². The number of hydrogen-bond donors (Lipinski definition) is 1. The lowest BCUT2D eigenvalue weighted by molar-refractivity contribution is 0.414. The molecule has 0 saturated heterocycles. The van der Waals surface area contributed by atoms with Crippen LogP contribution in [0.25, 0.3) is 0 Å². The highest BCUT2D eigenvalue weighted by atomic mass is 35.5. The van der Waals surface area contributed by atoms with Gasteiger partial charge in [0.15, 0.2) is 0 Å². The van der Waals surface area contributed by atoms with Crippen LogP contribution in [0.3, 0.4) is 0 Å². The Balaban J connectivity index is 1.96. The molecule has 0 bridgehead atoms. The molecule has 2 atom stereocenters. The molecule has 0 aromatic heterocycles. The summed E-state index contributed by atoms with van der Waals surface area (Å²) in [6.45, 7) is 7.63. The van der Waals surface area contributed by atoms with Crippen molar-refractivity contribution < 1.29 is 0 Å². The molecule has 0 amide bonds. The summed E-state index contributed by atoms with van der Waals surface area (Å²) in [7, 11) is 0. The summed E-state index contributed by atoms with van der Waals surface area (Å²) in [5.74, 6) is 1.28. The first kappa shape index (κ1) is 13.2. The van der Waals surface area contributed by atoms with Gasteiger partial charge in [0, 0.05) is 15.6 Å². The molecule has 1 aliphatic rings. The number of rotatable bonds is 3. The molecule has 1 saturated carbocycles. The lowest BCUT2D eigenvalue weighted by Gasteiger charge is -2.20. The smallest absolute Gasteiger partial charge is 0.0441 e. The molecule has 0 radical (unpaired) electrons. The van der Waals surface area contributed by atoms with Crippen LogP contribution in [-0.2, 0) is 0 Å². The maximum absolute atomic E-state index is 6.21. The molecule has 0 spiro atoms. The molecule has 1 N–H and O–H groups in total. The van der Waals surface area contributed by atoms with Crippen LogP contribution >= 0.6 is 23.2 Å². The van der Waals surface area contributed by atoms with E-state index in [1.807, 2.05) is 18.2 Å². The molecule has 1 aliphatic carbocycles. The summed E-state index contributed by atoms with van der Waals surface area (Å²) in [6.07, 6.45) is 1.21. The van der Waals surface area contributed by atoms with Crippen molar-refractivity contribution in [3.05, 3.63) is 33.8 Å². The quantitative estimate of drug-likeness (QED) is 0.855. The molecular formula is C14H19Cl2N. The second-order valence-electron chi connectivity index (χ2n) is 5.90. The summed E-state index contributed by atoms with van der Waals surface area (Å²) in [4.78, 5) is 0. The van der Waals surface area contributed by atoms with E-state index in [2.05, 4.69) is 26.1 Å². The zero-order chi connectivity index (χ0) is 12.6. The molecule has 1 nitrogen and oxygen atoms in total. The Labute approximate surface area is 114 Å². The maximum atomic E-state index is 6.21. The largest absolute Gasteiger partial charge is 0.312 e. The van der Waals surface area contributed by atoms with E-state index in [4.69, 9.17) is 23.2 Å². The van der Waals surface area contributed by atoms with Crippen LogP contribution in [0.2, 0.25) is 10.0 Å². The van der Waals surface area contributed by atoms with Crippen LogP contribution < -0.4 is 5.32 Å². The minimum atomic E-state index is 0.186. The third kappa shape index (κ3) is 3.61. The van der Waals surface area contributed by atoms with Gasteiger partial charge in [-0.15, -0.1) is 0 Å². The fourth-order valence-electron chi connectivity index (χ4n) is 2.09. The van der Waals surface area contributed by atoms with Crippen LogP contribution in [0.5, 0.6) is 0 Å². The first-order chi connectivity index (χ1) is 7.87. The Morgan fingerprint density at radius 1 is 1.29 bits per heavy atom. The summed E-state index contributed by atoms with van der Waals surface area (Å²) in [5, 5.41) is 5.16. The van der Waals surface area contributed by atoms with Crippen molar-refractivity contribution >= 4 is 23.2 Å². The van der Waals surface area contributed by atoms with Gasteiger partial charge in [0.25, 0.3) is 0 Å². The third-order valence-corrected chi connectivity index (χ3v) is 3.75. The lowest BCUT2D eigenvalue weighted by atomic mass is 10.1. The predicted molar refractivity (Wildman–Crippen MR) is 75.1 cm³/mol. The van der Waals surface area contributed by atoms with Crippen LogP contribution in [0, 0.1) is 5.92 Å². The molecule has 2 rings (SSSR count). The van der Waals surface area contributed by atoms with E-state index in [9.17, 15) is 0 Å². The van der Waals surface area contributed by atoms with Gasteiger partial charge in [-0.05, 0) is 69.3 Å². The minimum Gasteiger partial charge on any atom is -0.312 e. The molecule has 0 heterocycles. The van der Waals surface area contributed by atoms with Crippen molar-refractivity contribution in [1.82, 2.24) is 5.32 Å². The fraction of sp³-hybridized carbons (Fsp3) is 0.571. The van der Waals surface area contributed by atoms with Crippen LogP contribution in [0.4, 0.5) is 0 Å². The van der Waals surface area contributed by atoms with E-state index < -0.39 is 0 Å². The number of nitrogens with one attached hydrogen (secondary N) is 1. The fourth-order valence-corrected chi connectivity index (χ4v) is 2.53. The Morgan fingerprint density at radius 3 is 2.65 bits per heavy atom.